The van der Waals surface area contributed by atoms with Crippen LogP contribution >= 0.6 is 11.3 Å². The highest BCUT2D eigenvalue weighted by Crippen LogP contribution is 2.12. The lowest BCUT2D eigenvalue weighted by Crippen LogP contribution is -2.01. The number of thiazole rings is 1. The maximum Gasteiger partial charge on any atom is 0.204 e. The van der Waals surface area contributed by atoms with E-state index < -0.39 is 0 Å². The first kappa shape index (κ1) is 9.15. The molecule has 14 heavy (non-hydrogen) atoms. The van der Waals surface area contributed by atoms with Crippen molar-refractivity contribution < 1.29 is 9.21 Å². The number of carbonyl (C=O) groups excluding carboxylic acids is 1. The fourth-order valence-electron chi connectivity index (χ4n) is 1.15. The van der Waals surface area contributed by atoms with Crippen molar-refractivity contribution >= 4 is 17.1 Å². The normalized spacial score (nSPS) is 10.4. The van der Waals surface area contributed by atoms with E-state index in [1.807, 2.05) is 12.3 Å². The number of hydrogen-bond donors (Lipinski definition) is 0. The summed E-state index contributed by atoms with van der Waals surface area (Å²) < 4.78 is 5.22. The maximum atomic E-state index is 11.6. The summed E-state index contributed by atoms with van der Waals surface area (Å²) in [5.74, 6) is 1.15. The molecule has 0 fully saturated rings. The summed E-state index contributed by atoms with van der Waals surface area (Å²) in [6.07, 6.45) is 2.02. The monoisotopic (exact) mass is 207 g/mol. The highest BCUT2D eigenvalue weighted by atomic mass is 32.1. The largest absolute Gasteiger partial charge is 0.458 e. The van der Waals surface area contributed by atoms with Crippen LogP contribution in [0.1, 0.15) is 21.3 Å². The SMILES string of the molecule is Cc1ccc(C(=O)Cc2nccs2)o1. The van der Waals surface area contributed by atoms with Gasteiger partial charge in [0.05, 0.1) is 6.42 Å². The van der Waals surface area contributed by atoms with Gasteiger partial charge in [0.1, 0.15) is 10.8 Å². The third kappa shape index (κ3) is 1.90. The minimum Gasteiger partial charge on any atom is -0.458 e. The van der Waals surface area contributed by atoms with E-state index in [-0.39, 0.29) is 5.78 Å². The highest BCUT2D eigenvalue weighted by Gasteiger charge is 2.11. The second-order valence-electron chi connectivity index (χ2n) is 2.94. The summed E-state index contributed by atoms with van der Waals surface area (Å²) in [5.41, 5.74) is 0. The van der Waals surface area contributed by atoms with Gasteiger partial charge in [0.15, 0.2) is 5.76 Å². The Kier molecular flexibility index (Phi) is 2.45. The molecular weight excluding hydrogens is 198 g/mol. The highest BCUT2D eigenvalue weighted by molar-refractivity contribution is 7.09. The molecule has 72 valence electrons. The lowest BCUT2D eigenvalue weighted by Gasteiger charge is -1.92. The molecule has 0 amide bonds. The van der Waals surface area contributed by atoms with Crippen molar-refractivity contribution in [3.05, 3.63) is 40.2 Å². The van der Waals surface area contributed by atoms with Crippen molar-refractivity contribution in [2.45, 2.75) is 13.3 Å². The number of aromatic nitrogens is 1. The van der Waals surface area contributed by atoms with Gasteiger partial charge in [0.25, 0.3) is 0 Å². The topological polar surface area (TPSA) is 43.1 Å². The molecule has 0 aliphatic rings. The summed E-state index contributed by atoms with van der Waals surface area (Å²) in [4.78, 5) is 15.6. The Morgan fingerprint density at radius 2 is 2.43 bits per heavy atom. The first-order valence-corrected chi connectivity index (χ1v) is 5.11. The molecule has 0 spiro atoms. The molecule has 0 radical (unpaired) electrons. The van der Waals surface area contributed by atoms with Crippen LogP contribution in [0.2, 0.25) is 0 Å². The van der Waals surface area contributed by atoms with Crippen LogP contribution in [-0.2, 0) is 6.42 Å². The molecule has 0 N–H and O–H groups in total. The summed E-state index contributed by atoms with van der Waals surface area (Å²) in [7, 11) is 0. The molecule has 2 aromatic heterocycles. The Morgan fingerprint density at radius 1 is 1.57 bits per heavy atom. The van der Waals surface area contributed by atoms with Gasteiger partial charge in [-0.15, -0.1) is 11.3 Å². The Morgan fingerprint density at radius 3 is 3.00 bits per heavy atom. The maximum absolute atomic E-state index is 11.6. The van der Waals surface area contributed by atoms with Gasteiger partial charge in [-0.25, -0.2) is 4.98 Å². The van der Waals surface area contributed by atoms with Crippen molar-refractivity contribution in [2.24, 2.45) is 0 Å². The second-order valence-corrected chi connectivity index (χ2v) is 3.92. The van der Waals surface area contributed by atoms with Gasteiger partial charge in [0.2, 0.25) is 5.78 Å². The van der Waals surface area contributed by atoms with Crippen LogP contribution in [0.25, 0.3) is 0 Å². The molecule has 0 bridgehead atoms. The van der Waals surface area contributed by atoms with Crippen molar-refractivity contribution in [1.29, 1.82) is 0 Å². The van der Waals surface area contributed by atoms with E-state index in [1.165, 1.54) is 11.3 Å². The molecule has 0 saturated carbocycles. The van der Waals surface area contributed by atoms with Crippen LogP contribution < -0.4 is 0 Å². The second kappa shape index (κ2) is 3.75. The third-order valence-electron chi connectivity index (χ3n) is 1.81. The lowest BCUT2D eigenvalue weighted by molar-refractivity contribution is 0.0965. The van der Waals surface area contributed by atoms with Gasteiger partial charge in [0, 0.05) is 11.6 Å². The molecule has 2 aromatic rings. The Bertz CT molecular complexity index is 431. The predicted octanol–water partition coefficient (Wildman–Crippen LogP) is 2.47. The smallest absolute Gasteiger partial charge is 0.204 e. The fourth-order valence-corrected chi connectivity index (χ4v) is 1.76. The number of ketones is 1. The summed E-state index contributed by atoms with van der Waals surface area (Å²) in [6, 6.07) is 3.49. The van der Waals surface area contributed by atoms with E-state index in [0.717, 1.165) is 10.8 Å². The van der Waals surface area contributed by atoms with Crippen LogP contribution in [0.15, 0.2) is 28.1 Å². The first-order valence-electron chi connectivity index (χ1n) is 4.24. The molecule has 0 unspecified atom stereocenters. The Hall–Kier alpha value is -1.42. The van der Waals surface area contributed by atoms with Crippen LogP contribution in [0.3, 0.4) is 0 Å². The molecule has 3 nitrogen and oxygen atoms in total. The molecule has 0 aliphatic heterocycles. The average molecular weight is 207 g/mol. The van der Waals surface area contributed by atoms with E-state index >= 15 is 0 Å². The first-order chi connectivity index (χ1) is 6.75. The van der Waals surface area contributed by atoms with Gasteiger partial charge >= 0.3 is 0 Å². The molecule has 0 aliphatic carbocycles. The molecule has 4 heteroatoms. The number of hydrogen-bond acceptors (Lipinski definition) is 4. The quantitative estimate of drug-likeness (QED) is 0.726. The van der Waals surface area contributed by atoms with Gasteiger partial charge in [-0.3, -0.25) is 4.79 Å². The standard InChI is InChI=1S/C10H9NO2S/c1-7-2-3-9(13-7)8(12)6-10-11-4-5-14-10/h2-5H,6H2,1H3. The van der Waals surface area contributed by atoms with E-state index in [2.05, 4.69) is 4.98 Å². The fraction of sp³-hybridized carbons (Fsp3) is 0.200. The Balaban J connectivity index is 2.10. The Labute approximate surface area is 85.4 Å². The van der Waals surface area contributed by atoms with Crippen molar-refractivity contribution in [3.63, 3.8) is 0 Å². The van der Waals surface area contributed by atoms with Gasteiger partial charge in [-0.05, 0) is 19.1 Å². The summed E-state index contributed by atoms with van der Waals surface area (Å²) in [6.45, 7) is 1.82. The minimum atomic E-state index is -0.0203. The van der Waals surface area contributed by atoms with Gasteiger partial charge < -0.3 is 4.42 Å². The zero-order valence-electron chi connectivity index (χ0n) is 7.69. The average Bonchev–Trinajstić information content (AvgIpc) is 2.75. The number of aryl methyl sites for hydroxylation is 1. The van der Waals surface area contributed by atoms with Crippen LogP contribution in [-0.4, -0.2) is 10.8 Å². The van der Waals surface area contributed by atoms with Crippen LogP contribution in [0, 0.1) is 6.92 Å². The van der Waals surface area contributed by atoms with E-state index in [4.69, 9.17) is 4.42 Å². The van der Waals surface area contributed by atoms with Crippen molar-refractivity contribution in [2.75, 3.05) is 0 Å². The van der Waals surface area contributed by atoms with E-state index in [1.54, 1.807) is 18.3 Å². The van der Waals surface area contributed by atoms with E-state index in [0.29, 0.717) is 12.2 Å². The molecular formula is C10H9NO2S. The third-order valence-corrected chi connectivity index (χ3v) is 2.59. The minimum absolute atomic E-state index is 0.0203. The molecule has 0 saturated heterocycles. The van der Waals surface area contributed by atoms with Crippen LogP contribution in [0.4, 0.5) is 0 Å². The van der Waals surface area contributed by atoms with Gasteiger partial charge in [-0.2, -0.15) is 0 Å². The summed E-state index contributed by atoms with van der Waals surface area (Å²) >= 11 is 1.48. The number of carbonyl (C=O) groups is 1. The zero-order chi connectivity index (χ0) is 9.97. The zero-order valence-corrected chi connectivity index (χ0v) is 8.50. The molecule has 2 heterocycles. The number of furan rings is 1. The van der Waals surface area contributed by atoms with Crippen LogP contribution in [0.5, 0.6) is 0 Å². The molecule has 0 aromatic carbocycles. The number of Topliss-reactive ketones (excluding diaryl/α,β-unsaturated/α-hetero) is 1. The molecule has 0 atom stereocenters. The van der Waals surface area contributed by atoms with E-state index in [9.17, 15) is 4.79 Å². The lowest BCUT2D eigenvalue weighted by atomic mass is 10.2. The summed E-state index contributed by atoms with van der Waals surface area (Å²) in [5, 5.41) is 2.68. The van der Waals surface area contributed by atoms with Crippen molar-refractivity contribution in [3.8, 4) is 0 Å². The van der Waals surface area contributed by atoms with Gasteiger partial charge in [-0.1, -0.05) is 0 Å². The predicted molar refractivity (Wildman–Crippen MR) is 53.6 cm³/mol. The van der Waals surface area contributed by atoms with Crippen molar-refractivity contribution in [1.82, 2.24) is 4.98 Å². The molecule has 2 rings (SSSR count). The number of rotatable bonds is 3. The number of nitrogens with zero attached hydrogens (tertiary/aromatic N) is 1.